The van der Waals surface area contributed by atoms with Gasteiger partial charge in [0.15, 0.2) is 11.5 Å². The first-order valence-electron chi connectivity index (χ1n) is 12.4. The highest BCUT2D eigenvalue weighted by molar-refractivity contribution is 6.31. The Labute approximate surface area is 221 Å². The fourth-order valence-electron chi connectivity index (χ4n) is 4.21. The Kier molecular flexibility index (Phi) is 8.19. The summed E-state index contributed by atoms with van der Waals surface area (Å²) >= 11 is 6.64. The van der Waals surface area contributed by atoms with Gasteiger partial charge in [-0.15, -0.1) is 0 Å². The molecule has 0 saturated carbocycles. The zero-order valence-corrected chi connectivity index (χ0v) is 22.3. The van der Waals surface area contributed by atoms with Crippen molar-refractivity contribution in [1.29, 1.82) is 0 Å². The molecule has 0 bridgehead atoms. The van der Waals surface area contributed by atoms with Gasteiger partial charge in [-0.25, -0.2) is 14.7 Å². The van der Waals surface area contributed by atoms with Crippen molar-refractivity contribution in [1.82, 2.24) is 25.2 Å². The van der Waals surface area contributed by atoms with Gasteiger partial charge >= 0.3 is 6.09 Å². The number of carbonyl (C=O) groups excluding carboxylic acids is 2. The summed E-state index contributed by atoms with van der Waals surface area (Å²) in [7, 11) is 0. The molecule has 1 fully saturated rings. The standard InChI is InChI=1S/C26H33ClN6O4/c1-5-36-19-10-8-18(9-11-19)32(25(35)37-26(2,3)4)24-20(23(27)31-21-12-14-29-33(21)24)15-22(34)30-17-7-6-13-28-16-17/h8-12,14,17,28H,5-7,13,15-16H2,1-4H3,(H,30,34). The van der Waals surface area contributed by atoms with Crippen molar-refractivity contribution in [3.8, 4) is 5.75 Å². The van der Waals surface area contributed by atoms with Gasteiger partial charge in [0, 0.05) is 24.2 Å². The van der Waals surface area contributed by atoms with Crippen LogP contribution < -0.4 is 20.3 Å². The van der Waals surface area contributed by atoms with Crippen LogP contribution in [0, 0.1) is 0 Å². The predicted molar refractivity (Wildman–Crippen MR) is 142 cm³/mol. The van der Waals surface area contributed by atoms with Crippen molar-refractivity contribution >= 4 is 40.8 Å². The normalized spacial score (nSPS) is 15.9. The van der Waals surface area contributed by atoms with Crippen LogP contribution in [-0.4, -0.2) is 57.9 Å². The molecule has 11 heteroatoms. The topological polar surface area (TPSA) is 110 Å². The Balaban J connectivity index is 1.80. The summed E-state index contributed by atoms with van der Waals surface area (Å²) in [6.45, 7) is 9.42. The van der Waals surface area contributed by atoms with Gasteiger partial charge < -0.3 is 20.1 Å². The van der Waals surface area contributed by atoms with E-state index in [0.717, 1.165) is 19.4 Å². The number of carbonyl (C=O) groups is 2. The summed E-state index contributed by atoms with van der Waals surface area (Å²) in [4.78, 5) is 32.6. The van der Waals surface area contributed by atoms with Crippen LogP contribution in [-0.2, 0) is 16.0 Å². The lowest BCUT2D eigenvalue weighted by Gasteiger charge is -2.29. The van der Waals surface area contributed by atoms with Crippen LogP contribution in [0.25, 0.3) is 5.65 Å². The highest BCUT2D eigenvalue weighted by atomic mass is 35.5. The number of anilines is 2. The maximum atomic E-state index is 13.7. The van der Waals surface area contributed by atoms with E-state index in [2.05, 4.69) is 20.7 Å². The van der Waals surface area contributed by atoms with E-state index in [9.17, 15) is 9.59 Å². The maximum Gasteiger partial charge on any atom is 0.420 e. The molecule has 4 rings (SSSR count). The number of rotatable bonds is 7. The number of ether oxygens (including phenoxy) is 2. The van der Waals surface area contributed by atoms with Gasteiger partial charge in [0.25, 0.3) is 0 Å². The summed E-state index contributed by atoms with van der Waals surface area (Å²) < 4.78 is 12.8. The van der Waals surface area contributed by atoms with Gasteiger partial charge in [-0.2, -0.15) is 9.61 Å². The maximum absolute atomic E-state index is 13.7. The molecule has 1 atom stereocenters. The molecule has 3 heterocycles. The molecule has 198 valence electrons. The molecule has 2 N–H and O–H groups in total. The molecular weight excluding hydrogens is 496 g/mol. The minimum atomic E-state index is -0.772. The van der Waals surface area contributed by atoms with E-state index in [1.807, 2.05) is 6.92 Å². The van der Waals surface area contributed by atoms with E-state index < -0.39 is 11.7 Å². The molecule has 0 radical (unpaired) electrons. The molecule has 1 aliphatic heterocycles. The average Bonchev–Trinajstić information content (AvgIpc) is 3.30. The van der Waals surface area contributed by atoms with Gasteiger partial charge in [0.2, 0.25) is 5.91 Å². The smallest absolute Gasteiger partial charge is 0.420 e. The number of hydrogen-bond donors (Lipinski definition) is 2. The number of hydrogen-bond acceptors (Lipinski definition) is 7. The largest absolute Gasteiger partial charge is 0.494 e. The van der Waals surface area contributed by atoms with Crippen LogP contribution in [0.1, 0.15) is 46.1 Å². The SMILES string of the molecule is CCOc1ccc(N(C(=O)OC(C)(C)C)c2c(CC(=O)NC3CCCNC3)c(Cl)nc3ccnn23)cc1. The van der Waals surface area contributed by atoms with Gasteiger partial charge in [0.05, 0.1) is 24.9 Å². The first kappa shape index (κ1) is 26.7. The van der Waals surface area contributed by atoms with E-state index in [0.29, 0.717) is 35.8 Å². The fourth-order valence-corrected chi connectivity index (χ4v) is 4.45. The van der Waals surface area contributed by atoms with Crippen LogP contribution in [0.15, 0.2) is 36.5 Å². The highest BCUT2D eigenvalue weighted by Gasteiger charge is 2.32. The molecule has 1 aromatic carbocycles. The fraction of sp³-hybridized carbons (Fsp3) is 0.462. The summed E-state index contributed by atoms with van der Waals surface area (Å²) in [6.07, 6.45) is 2.71. The van der Waals surface area contributed by atoms with Crippen LogP contribution in [0.3, 0.4) is 0 Å². The van der Waals surface area contributed by atoms with Crippen LogP contribution in [0.5, 0.6) is 5.75 Å². The van der Waals surface area contributed by atoms with E-state index in [4.69, 9.17) is 21.1 Å². The van der Waals surface area contributed by atoms with Crippen molar-refractivity contribution in [2.75, 3.05) is 24.6 Å². The zero-order valence-electron chi connectivity index (χ0n) is 21.6. The number of piperidine rings is 1. The number of amides is 2. The molecule has 0 spiro atoms. The average molecular weight is 529 g/mol. The first-order valence-corrected chi connectivity index (χ1v) is 12.8. The molecule has 37 heavy (non-hydrogen) atoms. The first-order chi connectivity index (χ1) is 17.7. The quantitative estimate of drug-likeness (QED) is 0.441. The monoisotopic (exact) mass is 528 g/mol. The summed E-state index contributed by atoms with van der Waals surface area (Å²) in [5, 5.41) is 10.9. The van der Waals surface area contributed by atoms with Gasteiger partial charge in [0.1, 0.15) is 16.5 Å². The van der Waals surface area contributed by atoms with Crippen molar-refractivity contribution < 1.29 is 19.1 Å². The molecule has 1 aliphatic rings. The molecule has 1 unspecified atom stereocenters. The zero-order chi connectivity index (χ0) is 26.6. The summed E-state index contributed by atoms with van der Waals surface area (Å²) in [5.41, 5.74) is 0.514. The van der Waals surface area contributed by atoms with Crippen LogP contribution in [0.4, 0.5) is 16.3 Å². The molecule has 1 saturated heterocycles. The van der Waals surface area contributed by atoms with E-state index >= 15 is 0 Å². The van der Waals surface area contributed by atoms with Gasteiger partial charge in [-0.05, 0) is 71.3 Å². The number of benzene rings is 1. The number of aromatic nitrogens is 3. The molecule has 0 aliphatic carbocycles. The second-order valence-electron chi connectivity index (χ2n) is 9.84. The molecule has 3 aromatic rings. The Morgan fingerprint density at radius 2 is 2.00 bits per heavy atom. The number of halogens is 1. The van der Waals surface area contributed by atoms with E-state index in [-0.39, 0.29) is 29.3 Å². The van der Waals surface area contributed by atoms with Crippen molar-refractivity contribution in [3.63, 3.8) is 0 Å². The molecule has 10 nitrogen and oxygen atoms in total. The second kappa shape index (κ2) is 11.4. The lowest BCUT2D eigenvalue weighted by molar-refractivity contribution is -0.121. The number of nitrogens with one attached hydrogen (secondary N) is 2. The summed E-state index contributed by atoms with van der Waals surface area (Å²) in [5.74, 6) is 0.726. The van der Waals surface area contributed by atoms with E-state index in [1.165, 1.54) is 9.42 Å². The lowest BCUT2D eigenvalue weighted by atomic mass is 10.1. The predicted octanol–water partition coefficient (Wildman–Crippen LogP) is 4.27. The molecule has 2 amide bonds. The van der Waals surface area contributed by atoms with Crippen LogP contribution >= 0.6 is 11.6 Å². The molecular formula is C26H33ClN6O4. The Hall–Kier alpha value is -3.37. The second-order valence-corrected chi connectivity index (χ2v) is 10.2. The minimum absolute atomic E-state index is 0.0259. The number of fused-ring (bicyclic) bond motifs is 1. The lowest BCUT2D eigenvalue weighted by Crippen LogP contribution is -2.46. The van der Waals surface area contributed by atoms with Gasteiger partial charge in [-0.1, -0.05) is 11.6 Å². The van der Waals surface area contributed by atoms with Crippen molar-refractivity contribution in [3.05, 3.63) is 47.2 Å². The minimum Gasteiger partial charge on any atom is -0.494 e. The molecule has 2 aromatic heterocycles. The third-order valence-electron chi connectivity index (χ3n) is 5.75. The number of nitrogens with zero attached hydrogens (tertiary/aromatic N) is 4. The summed E-state index contributed by atoms with van der Waals surface area (Å²) in [6, 6.07) is 8.73. The van der Waals surface area contributed by atoms with Crippen LogP contribution in [0.2, 0.25) is 5.15 Å². The van der Waals surface area contributed by atoms with Gasteiger partial charge in [-0.3, -0.25) is 4.79 Å². The third-order valence-corrected chi connectivity index (χ3v) is 6.06. The van der Waals surface area contributed by atoms with Crippen molar-refractivity contribution in [2.45, 2.75) is 58.6 Å². The van der Waals surface area contributed by atoms with Crippen molar-refractivity contribution in [2.24, 2.45) is 0 Å². The Morgan fingerprint density at radius 3 is 2.65 bits per heavy atom. The Bertz CT molecular complexity index is 1250. The third kappa shape index (κ3) is 6.50. The van der Waals surface area contributed by atoms with E-state index in [1.54, 1.807) is 57.3 Å². The Morgan fingerprint density at radius 1 is 1.24 bits per heavy atom. The highest BCUT2D eigenvalue weighted by Crippen LogP contribution is 2.35.